The lowest BCUT2D eigenvalue weighted by Crippen LogP contribution is -2.62. The lowest BCUT2D eigenvalue weighted by Gasteiger charge is -2.40. The highest BCUT2D eigenvalue weighted by Crippen LogP contribution is 2.33. The third-order valence-corrected chi connectivity index (χ3v) is 4.49. The Kier molecular flexibility index (Phi) is 5.88. The van der Waals surface area contributed by atoms with Gasteiger partial charge in [0.25, 0.3) is 0 Å². The van der Waals surface area contributed by atoms with E-state index in [1.165, 1.54) is 17.0 Å². The van der Waals surface area contributed by atoms with E-state index in [1.54, 1.807) is 20.8 Å². The van der Waals surface area contributed by atoms with Crippen molar-refractivity contribution in [2.45, 2.75) is 38.6 Å². The summed E-state index contributed by atoms with van der Waals surface area (Å²) in [6, 6.07) is 4.28. The summed E-state index contributed by atoms with van der Waals surface area (Å²) >= 11 is 0. The van der Waals surface area contributed by atoms with Crippen molar-refractivity contribution in [1.82, 2.24) is 15.2 Å². The van der Waals surface area contributed by atoms with Gasteiger partial charge in [0.05, 0.1) is 23.7 Å². The van der Waals surface area contributed by atoms with Crippen LogP contribution in [0.25, 0.3) is 10.9 Å². The molecule has 0 spiro atoms. The molecule has 1 aliphatic rings. The monoisotopic (exact) mass is 439 g/mol. The summed E-state index contributed by atoms with van der Waals surface area (Å²) in [5, 5.41) is 5.78. The number of rotatable bonds is 4. The van der Waals surface area contributed by atoms with Crippen molar-refractivity contribution in [3.63, 3.8) is 0 Å². The summed E-state index contributed by atoms with van der Waals surface area (Å²) in [6.07, 6.45) is -4.95. The lowest BCUT2D eigenvalue weighted by atomic mass is 10.1. The molecular weight excluding hydrogens is 415 g/mol. The molecule has 0 radical (unpaired) electrons. The summed E-state index contributed by atoms with van der Waals surface area (Å²) < 4.78 is 44.4. The SMILES string of the molecule is CC(C)(C)OC(=O)N1CC(NC(=O)CNc2cc(N)nc3ccc(C(F)(F)F)cc23)C1. The molecule has 3 rings (SSSR count). The molecule has 1 saturated heterocycles. The highest BCUT2D eigenvalue weighted by Gasteiger charge is 2.34. The largest absolute Gasteiger partial charge is 0.444 e. The van der Waals surface area contributed by atoms with E-state index in [-0.39, 0.29) is 40.9 Å². The number of carbonyl (C=O) groups excluding carboxylic acids is 2. The number of anilines is 2. The molecule has 2 heterocycles. The Morgan fingerprint density at radius 3 is 2.52 bits per heavy atom. The number of amides is 2. The van der Waals surface area contributed by atoms with Crippen LogP contribution in [0.1, 0.15) is 26.3 Å². The van der Waals surface area contributed by atoms with Crippen molar-refractivity contribution in [2.24, 2.45) is 0 Å². The molecule has 1 aliphatic heterocycles. The molecule has 168 valence electrons. The molecule has 0 atom stereocenters. The molecule has 4 N–H and O–H groups in total. The van der Waals surface area contributed by atoms with Crippen LogP contribution in [0.4, 0.5) is 29.5 Å². The van der Waals surface area contributed by atoms with Crippen molar-refractivity contribution in [3.05, 3.63) is 29.8 Å². The number of pyridine rings is 1. The Morgan fingerprint density at radius 1 is 1.23 bits per heavy atom. The normalized spacial score (nSPS) is 14.8. The van der Waals surface area contributed by atoms with Crippen LogP contribution < -0.4 is 16.4 Å². The maximum atomic E-state index is 13.0. The molecule has 11 heteroatoms. The molecule has 2 amide bonds. The molecule has 1 aromatic heterocycles. The second-order valence-electron chi connectivity index (χ2n) is 8.33. The van der Waals surface area contributed by atoms with E-state index in [0.717, 1.165) is 12.1 Å². The Bertz CT molecular complexity index is 998. The first-order chi connectivity index (χ1) is 14.3. The van der Waals surface area contributed by atoms with Gasteiger partial charge in [-0.3, -0.25) is 4.79 Å². The van der Waals surface area contributed by atoms with Gasteiger partial charge >= 0.3 is 12.3 Å². The average molecular weight is 439 g/mol. The van der Waals surface area contributed by atoms with E-state index in [1.807, 2.05) is 0 Å². The van der Waals surface area contributed by atoms with Crippen LogP contribution in [0.2, 0.25) is 0 Å². The quantitative estimate of drug-likeness (QED) is 0.676. The van der Waals surface area contributed by atoms with Gasteiger partial charge in [0.2, 0.25) is 5.91 Å². The van der Waals surface area contributed by atoms with Gasteiger partial charge in [-0.15, -0.1) is 0 Å². The van der Waals surface area contributed by atoms with Crippen LogP contribution in [-0.4, -0.2) is 53.2 Å². The highest BCUT2D eigenvalue weighted by atomic mass is 19.4. The number of halogens is 3. The van der Waals surface area contributed by atoms with E-state index in [9.17, 15) is 22.8 Å². The minimum atomic E-state index is -4.51. The zero-order valence-corrected chi connectivity index (χ0v) is 17.3. The van der Waals surface area contributed by atoms with Gasteiger partial charge in [-0.2, -0.15) is 13.2 Å². The molecule has 1 aromatic carbocycles. The van der Waals surface area contributed by atoms with Crippen LogP contribution in [0, 0.1) is 0 Å². The van der Waals surface area contributed by atoms with Gasteiger partial charge < -0.3 is 26.0 Å². The number of carbonyl (C=O) groups is 2. The van der Waals surface area contributed by atoms with Gasteiger partial charge in [-0.1, -0.05) is 0 Å². The number of nitrogens with two attached hydrogens (primary N) is 1. The predicted octanol–water partition coefficient (Wildman–Crippen LogP) is 2.98. The number of nitrogens with one attached hydrogen (secondary N) is 2. The van der Waals surface area contributed by atoms with Crippen LogP contribution in [0.5, 0.6) is 0 Å². The number of hydrogen-bond donors (Lipinski definition) is 3. The first kappa shape index (κ1) is 22.4. The second kappa shape index (κ2) is 8.12. The zero-order valence-electron chi connectivity index (χ0n) is 17.3. The van der Waals surface area contributed by atoms with E-state index < -0.39 is 23.4 Å². The predicted molar refractivity (Wildman–Crippen MR) is 109 cm³/mol. The van der Waals surface area contributed by atoms with E-state index in [2.05, 4.69) is 15.6 Å². The van der Waals surface area contributed by atoms with E-state index in [4.69, 9.17) is 10.5 Å². The van der Waals surface area contributed by atoms with Crippen molar-refractivity contribution >= 4 is 34.4 Å². The molecule has 1 fully saturated rings. The molecule has 8 nitrogen and oxygen atoms in total. The van der Waals surface area contributed by atoms with Gasteiger partial charge in [0.15, 0.2) is 0 Å². The lowest BCUT2D eigenvalue weighted by molar-refractivity contribution is -0.137. The maximum absolute atomic E-state index is 13.0. The van der Waals surface area contributed by atoms with Crippen molar-refractivity contribution in [1.29, 1.82) is 0 Å². The molecule has 0 bridgehead atoms. The van der Waals surface area contributed by atoms with Crippen LogP contribution in [0.15, 0.2) is 24.3 Å². The van der Waals surface area contributed by atoms with Gasteiger partial charge in [0, 0.05) is 30.2 Å². The summed E-state index contributed by atoms with van der Waals surface area (Å²) in [4.78, 5) is 29.7. The van der Waals surface area contributed by atoms with Crippen molar-refractivity contribution in [2.75, 3.05) is 30.7 Å². The first-order valence-corrected chi connectivity index (χ1v) is 9.60. The number of fused-ring (bicyclic) bond motifs is 1. The molecule has 2 aromatic rings. The van der Waals surface area contributed by atoms with Crippen LogP contribution >= 0.6 is 0 Å². The molecule has 0 unspecified atom stereocenters. The van der Waals surface area contributed by atoms with Crippen molar-refractivity contribution in [3.8, 4) is 0 Å². The number of ether oxygens (including phenoxy) is 1. The number of likely N-dealkylation sites (tertiary alicyclic amines) is 1. The highest BCUT2D eigenvalue weighted by molar-refractivity contribution is 5.95. The average Bonchev–Trinajstić information content (AvgIpc) is 2.59. The Hall–Kier alpha value is -3.24. The first-order valence-electron chi connectivity index (χ1n) is 9.60. The standard InChI is InChI=1S/C20H24F3N5O3/c1-19(2,3)31-18(30)28-9-12(10-28)26-17(29)8-25-15-7-16(24)27-14-5-4-11(6-13(14)15)20(21,22)23/h4-7,12H,8-10H2,1-3H3,(H,26,29)(H3,24,25,27). The number of nitrogen functional groups attached to an aromatic ring is 1. The summed E-state index contributed by atoms with van der Waals surface area (Å²) in [7, 11) is 0. The number of hydrogen-bond acceptors (Lipinski definition) is 6. The second-order valence-corrected chi connectivity index (χ2v) is 8.33. The topological polar surface area (TPSA) is 110 Å². The third kappa shape index (κ3) is 5.68. The molecule has 0 saturated carbocycles. The minimum Gasteiger partial charge on any atom is -0.444 e. The molecular formula is C20H24F3N5O3. The zero-order chi connectivity index (χ0) is 23.0. The number of alkyl halides is 3. The van der Waals surface area contributed by atoms with E-state index in [0.29, 0.717) is 13.1 Å². The fraction of sp³-hybridized carbons (Fsp3) is 0.450. The third-order valence-electron chi connectivity index (χ3n) is 4.49. The fourth-order valence-corrected chi connectivity index (χ4v) is 3.07. The van der Waals surface area contributed by atoms with Crippen LogP contribution in [-0.2, 0) is 15.7 Å². The Labute approximate surface area is 176 Å². The van der Waals surface area contributed by atoms with Gasteiger partial charge in [0.1, 0.15) is 11.4 Å². The van der Waals surface area contributed by atoms with Gasteiger partial charge in [-0.05, 0) is 39.0 Å². The summed E-state index contributed by atoms with van der Waals surface area (Å²) in [6.45, 7) is 5.76. The number of benzene rings is 1. The smallest absolute Gasteiger partial charge is 0.416 e. The molecule has 0 aliphatic carbocycles. The van der Waals surface area contributed by atoms with E-state index >= 15 is 0 Å². The van der Waals surface area contributed by atoms with Gasteiger partial charge in [-0.25, -0.2) is 9.78 Å². The maximum Gasteiger partial charge on any atom is 0.416 e. The molecule has 31 heavy (non-hydrogen) atoms. The Balaban J connectivity index is 1.59. The van der Waals surface area contributed by atoms with Crippen LogP contribution in [0.3, 0.4) is 0 Å². The summed E-state index contributed by atoms with van der Waals surface area (Å²) in [5.41, 5.74) is 4.86. The fourth-order valence-electron chi connectivity index (χ4n) is 3.07. The summed E-state index contributed by atoms with van der Waals surface area (Å²) in [5.74, 6) is -0.258. The number of aromatic nitrogens is 1. The van der Waals surface area contributed by atoms with Crippen molar-refractivity contribution < 1.29 is 27.5 Å². The Morgan fingerprint density at radius 2 is 1.90 bits per heavy atom. The minimum absolute atomic E-state index is 0.113. The number of nitrogens with zero attached hydrogens (tertiary/aromatic N) is 2.